The standard InChI is InChI=1S/C57H47N/c1-55(2)46-22-11-7-16-38(46)41-31-30-37(34-49(41)55)35-26-28-36(29-27-35)52-51(33-32-45-40-18-9-13-24-48(40)57(5,6)54(45)52)58-50-25-14-10-19-42(50)44-21-15-20-43-39-17-8-12-23-47(39)56(3,4)53(43)44/h7-34,58H,1-6H3. The first-order valence-corrected chi connectivity index (χ1v) is 20.8. The average Bonchev–Trinajstić information content (AvgIpc) is 3.74. The van der Waals surface area contributed by atoms with E-state index < -0.39 is 0 Å². The fourth-order valence-electron chi connectivity index (χ4n) is 11.0. The third-order valence-corrected chi connectivity index (χ3v) is 13.9. The van der Waals surface area contributed by atoms with Gasteiger partial charge in [0.15, 0.2) is 0 Å². The predicted molar refractivity (Wildman–Crippen MR) is 245 cm³/mol. The van der Waals surface area contributed by atoms with Crippen molar-refractivity contribution >= 4 is 11.4 Å². The van der Waals surface area contributed by atoms with Crippen molar-refractivity contribution in [2.75, 3.05) is 5.32 Å². The van der Waals surface area contributed by atoms with Gasteiger partial charge in [-0.1, -0.05) is 193 Å². The number of nitrogens with one attached hydrogen (secondary N) is 1. The minimum absolute atomic E-state index is 0.0382. The van der Waals surface area contributed by atoms with Gasteiger partial charge in [-0.15, -0.1) is 0 Å². The molecular weight excluding hydrogens is 699 g/mol. The van der Waals surface area contributed by atoms with Crippen LogP contribution in [0.5, 0.6) is 0 Å². The molecule has 1 N–H and O–H groups in total. The van der Waals surface area contributed by atoms with Crippen molar-refractivity contribution in [3.63, 3.8) is 0 Å². The Morgan fingerprint density at radius 2 is 0.724 bits per heavy atom. The zero-order valence-electron chi connectivity index (χ0n) is 34.2. The molecule has 0 saturated heterocycles. The number of para-hydroxylation sites is 1. The Bertz CT molecular complexity index is 2990. The number of anilines is 2. The summed E-state index contributed by atoms with van der Waals surface area (Å²) in [6.07, 6.45) is 0. The van der Waals surface area contributed by atoms with Crippen LogP contribution in [0, 0.1) is 0 Å². The Balaban J connectivity index is 1.04. The second-order valence-corrected chi connectivity index (χ2v) is 18.2. The topological polar surface area (TPSA) is 12.0 Å². The van der Waals surface area contributed by atoms with Gasteiger partial charge in [-0.25, -0.2) is 0 Å². The van der Waals surface area contributed by atoms with Crippen LogP contribution in [-0.2, 0) is 16.2 Å². The van der Waals surface area contributed by atoms with Crippen molar-refractivity contribution in [2.45, 2.75) is 57.8 Å². The lowest BCUT2D eigenvalue weighted by Crippen LogP contribution is -2.17. The van der Waals surface area contributed by atoms with E-state index in [4.69, 9.17) is 0 Å². The van der Waals surface area contributed by atoms with E-state index in [0.29, 0.717) is 0 Å². The van der Waals surface area contributed by atoms with Crippen molar-refractivity contribution in [3.05, 3.63) is 203 Å². The van der Waals surface area contributed by atoms with Gasteiger partial charge in [0.25, 0.3) is 0 Å². The normalized spacial score (nSPS) is 15.5. The number of hydrogen-bond donors (Lipinski definition) is 1. The molecule has 0 aliphatic heterocycles. The smallest absolute Gasteiger partial charge is 0.0467 e. The molecular formula is C57H47N. The summed E-state index contributed by atoms with van der Waals surface area (Å²) in [7, 11) is 0. The molecule has 0 fully saturated rings. The first kappa shape index (κ1) is 34.8. The van der Waals surface area contributed by atoms with Crippen molar-refractivity contribution in [1.82, 2.24) is 0 Å². The molecule has 11 rings (SSSR count). The molecule has 0 amide bonds. The van der Waals surface area contributed by atoms with Crippen LogP contribution >= 0.6 is 0 Å². The highest BCUT2D eigenvalue weighted by Crippen LogP contribution is 2.56. The first-order valence-electron chi connectivity index (χ1n) is 20.8. The molecule has 0 spiro atoms. The molecule has 0 saturated carbocycles. The van der Waals surface area contributed by atoms with E-state index in [9.17, 15) is 0 Å². The fraction of sp³-hybridized carbons (Fsp3) is 0.158. The summed E-state index contributed by atoms with van der Waals surface area (Å²) >= 11 is 0. The zero-order valence-corrected chi connectivity index (χ0v) is 34.2. The molecule has 0 heterocycles. The molecule has 58 heavy (non-hydrogen) atoms. The number of rotatable bonds is 5. The van der Waals surface area contributed by atoms with Gasteiger partial charge in [-0.05, 0) is 107 Å². The summed E-state index contributed by atoms with van der Waals surface area (Å²) in [5.74, 6) is 0. The Morgan fingerprint density at radius 1 is 0.293 bits per heavy atom. The monoisotopic (exact) mass is 745 g/mol. The lowest BCUT2D eigenvalue weighted by atomic mass is 9.78. The van der Waals surface area contributed by atoms with E-state index in [1.807, 2.05) is 0 Å². The lowest BCUT2D eigenvalue weighted by Gasteiger charge is -2.28. The van der Waals surface area contributed by atoms with E-state index in [0.717, 1.165) is 11.4 Å². The van der Waals surface area contributed by atoms with E-state index in [2.05, 4.69) is 217 Å². The van der Waals surface area contributed by atoms with Crippen molar-refractivity contribution in [3.8, 4) is 66.8 Å². The zero-order chi connectivity index (χ0) is 39.6. The Morgan fingerprint density at radius 3 is 1.38 bits per heavy atom. The van der Waals surface area contributed by atoms with Crippen LogP contribution in [0.15, 0.2) is 170 Å². The van der Waals surface area contributed by atoms with Crippen LogP contribution in [-0.4, -0.2) is 0 Å². The van der Waals surface area contributed by atoms with Crippen molar-refractivity contribution in [1.29, 1.82) is 0 Å². The van der Waals surface area contributed by atoms with Gasteiger partial charge in [0.1, 0.15) is 0 Å². The van der Waals surface area contributed by atoms with E-state index >= 15 is 0 Å². The number of hydrogen-bond acceptors (Lipinski definition) is 1. The van der Waals surface area contributed by atoms with E-state index in [-0.39, 0.29) is 16.2 Å². The third kappa shape index (κ3) is 4.83. The van der Waals surface area contributed by atoms with Gasteiger partial charge in [0, 0.05) is 38.7 Å². The number of fused-ring (bicyclic) bond motifs is 9. The van der Waals surface area contributed by atoms with E-state index in [1.54, 1.807) is 0 Å². The van der Waals surface area contributed by atoms with Gasteiger partial charge >= 0.3 is 0 Å². The highest BCUT2D eigenvalue weighted by molar-refractivity contribution is 5.98. The predicted octanol–water partition coefficient (Wildman–Crippen LogP) is 15.4. The summed E-state index contributed by atoms with van der Waals surface area (Å²) in [5.41, 5.74) is 25.7. The van der Waals surface area contributed by atoms with Crippen LogP contribution in [0.3, 0.4) is 0 Å². The molecule has 0 aromatic heterocycles. The molecule has 3 aliphatic carbocycles. The van der Waals surface area contributed by atoms with Crippen molar-refractivity contribution in [2.24, 2.45) is 0 Å². The van der Waals surface area contributed by atoms with Gasteiger partial charge in [-0.2, -0.15) is 0 Å². The van der Waals surface area contributed by atoms with Crippen LogP contribution in [0.4, 0.5) is 11.4 Å². The molecule has 0 radical (unpaired) electrons. The maximum Gasteiger partial charge on any atom is 0.0467 e. The highest BCUT2D eigenvalue weighted by atomic mass is 14.9. The van der Waals surface area contributed by atoms with Crippen molar-refractivity contribution < 1.29 is 0 Å². The van der Waals surface area contributed by atoms with Crippen LogP contribution in [0.2, 0.25) is 0 Å². The Kier molecular flexibility index (Phi) is 7.36. The third-order valence-electron chi connectivity index (χ3n) is 13.9. The molecule has 280 valence electrons. The average molecular weight is 746 g/mol. The molecule has 1 heteroatoms. The van der Waals surface area contributed by atoms with Gasteiger partial charge in [0.05, 0.1) is 0 Å². The Labute approximate surface area is 343 Å². The molecule has 1 nitrogen and oxygen atoms in total. The summed E-state index contributed by atoms with van der Waals surface area (Å²) in [5, 5.41) is 4.06. The summed E-state index contributed by atoms with van der Waals surface area (Å²) in [6, 6.07) is 63.5. The van der Waals surface area contributed by atoms with Crippen LogP contribution < -0.4 is 5.32 Å². The summed E-state index contributed by atoms with van der Waals surface area (Å²) < 4.78 is 0. The molecule has 0 bridgehead atoms. The van der Waals surface area contributed by atoms with Crippen LogP contribution in [0.1, 0.15) is 74.9 Å². The Hall–Kier alpha value is -6.44. The quantitative estimate of drug-likeness (QED) is 0.185. The van der Waals surface area contributed by atoms with Gasteiger partial charge < -0.3 is 5.32 Å². The maximum absolute atomic E-state index is 4.06. The fourth-order valence-corrected chi connectivity index (χ4v) is 11.0. The molecule has 8 aromatic rings. The second kappa shape index (κ2) is 12.3. The SMILES string of the molecule is CC1(C)c2ccccc2-c2ccc(-c3ccc(-c4c(Nc5ccccc5-c5cccc6c5C(C)(C)c5ccccc5-6)ccc5c4C(C)(C)c4ccccc4-5)cc3)cc21. The lowest BCUT2D eigenvalue weighted by molar-refractivity contribution is 0.660. The summed E-state index contributed by atoms with van der Waals surface area (Å²) in [4.78, 5) is 0. The first-order chi connectivity index (χ1) is 28.0. The summed E-state index contributed by atoms with van der Waals surface area (Å²) in [6.45, 7) is 14.3. The molecule has 0 atom stereocenters. The second-order valence-electron chi connectivity index (χ2n) is 18.2. The largest absolute Gasteiger partial charge is 0.355 e. The maximum atomic E-state index is 4.06. The molecule has 8 aromatic carbocycles. The van der Waals surface area contributed by atoms with Crippen LogP contribution in [0.25, 0.3) is 66.8 Å². The van der Waals surface area contributed by atoms with Gasteiger partial charge in [-0.3, -0.25) is 0 Å². The van der Waals surface area contributed by atoms with Gasteiger partial charge in [0.2, 0.25) is 0 Å². The number of benzene rings is 8. The molecule has 0 unspecified atom stereocenters. The molecule has 3 aliphatic rings. The minimum atomic E-state index is -0.187. The highest BCUT2D eigenvalue weighted by Gasteiger charge is 2.40. The minimum Gasteiger partial charge on any atom is -0.355 e. The van der Waals surface area contributed by atoms with E-state index in [1.165, 1.54) is 100 Å².